The van der Waals surface area contributed by atoms with Gasteiger partial charge >= 0.3 is 0 Å². The van der Waals surface area contributed by atoms with E-state index in [0.717, 1.165) is 5.56 Å². The highest BCUT2D eigenvalue weighted by Gasteiger charge is 2.43. The van der Waals surface area contributed by atoms with Crippen molar-refractivity contribution in [2.24, 2.45) is 0 Å². The molecule has 4 heteroatoms. The molecule has 1 aromatic carbocycles. The van der Waals surface area contributed by atoms with Crippen molar-refractivity contribution in [1.29, 1.82) is 0 Å². The molecule has 2 atom stereocenters. The fraction of sp³-hybridized carbons (Fsp3) is 0.143. The van der Waals surface area contributed by atoms with Gasteiger partial charge in [-0.05, 0) is 17.7 Å². The van der Waals surface area contributed by atoms with Gasteiger partial charge in [-0.1, -0.05) is 30.3 Å². The summed E-state index contributed by atoms with van der Waals surface area (Å²) < 4.78 is 5.30. The van der Waals surface area contributed by atoms with Crippen LogP contribution < -0.4 is 5.32 Å². The van der Waals surface area contributed by atoms with Crippen LogP contribution in [0.5, 0.6) is 0 Å². The molecule has 0 saturated carbocycles. The van der Waals surface area contributed by atoms with E-state index < -0.39 is 23.7 Å². The summed E-state index contributed by atoms with van der Waals surface area (Å²) in [5.74, 6) is -0.874. The van der Waals surface area contributed by atoms with Gasteiger partial charge in [0.05, 0.1) is 12.2 Å². The van der Waals surface area contributed by atoms with E-state index in [1.807, 2.05) is 30.3 Å². The monoisotopic (exact) mass is 241 g/mol. The topological polar surface area (TPSA) is 59.3 Å². The quantitative estimate of drug-likeness (QED) is 0.815. The highest BCUT2D eigenvalue weighted by atomic mass is 16.3. The summed E-state index contributed by atoms with van der Waals surface area (Å²) in [6, 6.07) is 12.4. The zero-order valence-electron chi connectivity index (χ0n) is 9.50. The predicted molar refractivity (Wildman–Crippen MR) is 63.8 cm³/mol. The van der Waals surface area contributed by atoms with E-state index in [2.05, 4.69) is 5.32 Å². The SMILES string of the molecule is O=C1N[C@@H](c2ccco2)[C@H](c2ccccc2)C1=O. The molecule has 0 bridgehead atoms. The summed E-state index contributed by atoms with van der Waals surface area (Å²) in [4.78, 5) is 23.5. The number of benzene rings is 1. The Balaban J connectivity index is 2.04. The molecular weight excluding hydrogens is 230 g/mol. The first-order chi connectivity index (χ1) is 8.77. The minimum atomic E-state index is -0.551. The summed E-state index contributed by atoms with van der Waals surface area (Å²) in [5, 5.41) is 2.67. The molecule has 2 heterocycles. The zero-order valence-corrected chi connectivity index (χ0v) is 9.50. The lowest BCUT2D eigenvalue weighted by Gasteiger charge is -2.15. The largest absolute Gasteiger partial charge is 0.467 e. The lowest BCUT2D eigenvalue weighted by atomic mass is 9.90. The van der Waals surface area contributed by atoms with E-state index >= 15 is 0 Å². The van der Waals surface area contributed by atoms with Crippen LogP contribution in [0.15, 0.2) is 53.1 Å². The number of Topliss-reactive ketones (excluding diaryl/α,β-unsaturated/α-hetero) is 1. The molecular formula is C14H11NO3. The summed E-state index contributed by atoms with van der Waals surface area (Å²) in [6.07, 6.45) is 1.53. The summed E-state index contributed by atoms with van der Waals surface area (Å²) in [7, 11) is 0. The van der Waals surface area contributed by atoms with Gasteiger partial charge in [0.2, 0.25) is 5.78 Å². The van der Waals surface area contributed by atoms with Crippen LogP contribution in [0.3, 0.4) is 0 Å². The molecule has 0 unspecified atom stereocenters. The second-order valence-electron chi connectivity index (χ2n) is 4.22. The van der Waals surface area contributed by atoms with Gasteiger partial charge in [0.1, 0.15) is 11.8 Å². The van der Waals surface area contributed by atoms with Crippen LogP contribution in [0, 0.1) is 0 Å². The molecule has 90 valence electrons. The van der Waals surface area contributed by atoms with Crippen molar-refractivity contribution in [1.82, 2.24) is 5.32 Å². The molecule has 1 aromatic heterocycles. The molecule has 0 radical (unpaired) electrons. The maximum Gasteiger partial charge on any atom is 0.288 e. The number of rotatable bonds is 2. The molecule has 4 nitrogen and oxygen atoms in total. The number of carbonyl (C=O) groups is 2. The van der Waals surface area contributed by atoms with Crippen LogP contribution in [0.2, 0.25) is 0 Å². The van der Waals surface area contributed by atoms with E-state index in [4.69, 9.17) is 4.42 Å². The number of amides is 1. The van der Waals surface area contributed by atoms with Crippen LogP contribution in [-0.4, -0.2) is 11.7 Å². The van der Waals surface area contributed by atoms with Gasteiger partial charge in [-0.15, -0.1) is 0 Å². The van der Waals surface area contributed by atoms with Crippen molar-refractivity contribution in [3.8, 4) is 0 Å². The Morgan fingerprint density at radius 2 is 1.78 bits per heavy atom. The number of furan rings is 1. The molecule has 18 heavy (non-hydrogen) atoms. The second-order valence-corrected chi connectivity index (χ2v) is 4.22. The Labute approximate surface area is 104 Å². The van der Waals surface area contributed by atoms with Crippen molar-refractivity contribution in [3.05, 3.63) is 60.1 Å². The summed E-state index contributed by atoms with van der Waals surface area (Å²) in [5.41, 5.74) is 0.822. The second kappa shape index (κ2) is 4.14. The molecule has 0 aliphatic carbocycles. The Morgan fingerprint density at radius 3 is 2.44 bits per heavy atom. The third kappa shape index (κ3) is 1.62. The van der Waals surface area contributed by atoms with Crippen molar-refractivity contribution in [3.63, 3.8) is 0 Å². The third-order valence-corrected chi connectivity index (χ3v) is 3.13. The molecule has 1 amide bonds. The van der Waals surface area contributed by atoms with Crippen molar-refractivity contribution >= 4 is 11.7 Å². The highest BCUT2D eigenvalue weighted by molar-refractivity contribution is 6.40. The number of carbonyl (C=O) groups excluding carboxylic acids is 2. The minimum Gasteiger partial charge on any atom is -0.467 e. The van der Waals surface area contributed by atoms with Crippen molar-refractivity contribution in [2.45, 2.75) is 12.0 Å². The van der Waals surface area contributed by atoms with Gasteiger partial charge in [-0.25, -0.2) is 0 Å². The van der Waals surface area contributed by atoms with Gasteiger partial charge in [-0.2, -0.15) is 0 Å². The van der Waals surface area contributed by atoms with Crippen molar-refractivity contribution < 1.29 is 14.0 Å². The number of nitrogens with one attached hydrogen (secondary N) is 1. The van der Waals surface area contributed by atoms with Crippen LogP contribution in [0.4, 0.5) is 0 Å². The lowest BCUT2D eigenvalue weighted by Crippen LogP contribution is -2.20. The number of ketones is 1. The standard InChI is InChI=1S/C14H11NO3/c16-13-11(9-5-2-1-3-6-9)12(15-14(13)17)10-7-4-8-18-10/h1-8,11-12H,(H,15,17)/t11-,12-/m0/s1. The molecule has 0 spiro atoms. The fourth-order valence-corrected chi connectivity index (χ4v) is 2.30. The van der Waals surface area contributed by atoms with Crippen LogP contribution >= 0.6 is 0 Å². The van der Waals surface area contributed by atoms with Crippen LogP contribution in [0.1, 0.15) is 23.3 Å². The Bertz CT molecular complexity index is 574. The maximum atomic E-state index is 12.0. The van der Waals surface area contributed by atoms with Gasteiger partial charge in [0.25, 0.3) is 5.91 Å². The van der Waals surface area contributed by atoms with Gasteiger partial charge < -0.3 is 9.73 Å². The van der Waals surface area contributed by atoms with E-state index in [1.54, 1.807) is 12.1 Å². The molecule has 1 aliphatic rings. The average Bonchev–Trinajstić information content (AvgIpc) is 3.00. The Morgan fingerprint density at radius 1 is 1.00 bits per heavy atom. The molecule has 1 N–H and O–H groups in total. The first kappa shape index (κ1) is 10.8. The van der Waals surface area contributed by atoms with E-state index in [0.29, 0.717) is 5.76 Å². The molecule has 2 aromatic rings. The van der Waals surface area contributed by atoms with Gasteiger partial charge in [0.15, 0.2) is 0 Å². The average molecular weight is 241 g/mol. The first-order valence-corrected chi connectivity index (χ1v) is 5.70. The van der Waals surface area contributed by atoms with Crippen molar-refractivity contribution in [2.75, 3.05) is 0 Å². The van der Waals surface area contributed by atoms with Gasteiger partial charge in [0, 0.05) is 0 Å². The minimum absolute atomic E-state index is 0.414. The number of hydrogen-bond donors (Lipinski definition) is 1. The van der Waals surface area contributed by atoms with Crippen LogP contribution in [-0.2, 0) is 9.59 Å². The molecule has 1 aliphatic heterocycles. The van der Waals surface area contributed by atoms with E-state index in [-0.39, 0.29) is 0 Å². The van der Waals surface area contributed by atoms with E-state index in [9.17, 15) is 9.59 Å². The van der Waals surface area contributed by atoms with Gasteiger partial charge in [-0.3, -0.25) is 9.59 Å². The Kier molecular flexibility index (Phi) is 2.48. The maximum absolute atomic E-state index is 12.0. The lowest BCUT2D eigenvalue weighted by molar-refractivity contribution is -0.135. The zero-order chi connectivity index (χ0) is 12.5. The summed E-state index contributed by atoms with van der Waals surface area (Å²) in [6.45, 7) is 0. The first-order valence-electron chi connectivity index (χ1n) is 5.70. The smallest absolute Gasteiger partial charge is 0.288 e. The normalized spacial score (nSPS) is 23.1. The molecule has 1 saturated heterocycles. The molecule has 1 fully saturated rings. The molecule has 3 rings (SSSR count). The number of hydrogen-bond acceptors (Lipinski definition) is 3. The third-order valence-electron chi connectivity index (χ3n) is 3.13. The van der Waals surface area contributed by atoms with E-state index in [1.165, 1.54) is 6.26 Å². The summed E-state index contributed by atoms with van der Waals surface area (Å²) >= 11 is 0. The van der Waals surface area contributed by atoms with Crippen LogP contribution in [0.25, 0.3) is 0 Å². The Hall–Kier alpha value is -2.36. The highest BCUT2D eigenvalue weighted by Crippen LogP contribution is 2.36. The fourth-order valence-electron chi connectivity index (χ4n) is 2.30. The predicted octanol–water partition coefficient (Wildman–Crippen LogP) is 1.80.